The predicted octanol–water partition coefficient (Wildman–Crippen LogP) is 3.45. The number of H-pyrrole nitrogens is 1. The molecule has 0 fully saturated rings. The van der Waals surface area contributed by atoms with Crippen molar-refractivity contribution in [2.75, 3.05) is 11.9 Å². The standard InChI is InChI=1S/C18H18FN3O/c1-18(2,12-6-5-7-13(19)10-12)11-20-17-21-15-9-4-3-8-14(15)16(23)22-17/h3-10H,11H2,1-2H3,(H2,20,21,22,23). The SMILES string of the molecule is CC(C)(CNc1nc2ccccc2c(=O)[nH]1)c1cccc(F)c1. The van der Waals surface area contributed by atoms with Gasteiger partial charge in [0.1, 0.15) is 5.82 Å². The van der Waals surface area contributed by atoms with E-state index in [-0.39, 0.29) is 16.8 Å². The van der Waals surface area contributed by atoms with Crippen LogP contribution in [-0.4, -0.2) is 16.5 Å². The average Bonchev–Trinajstić information content (AvgIpc) is 2.53. The largest absolute Gasteiger partial charge is 0.355 e. The number of halogens is 1. The van der Waals surface area contributed by atoms with E-state index in [4.69, 9.17) is 0 Å². The van der Waals surface area contributed by atoms with Gasteiger partial charge >= 0.3 is 0 Å². The van der Waals surface area contributed by atoms with Crippen LogP contribution in [0.15, 0.2) is 53.3 Å². The number of aromatic amines is 1. The monoisotopic (exact) mass is 311 g/mol. The van der Waals surface area contributed by atoms with E-state index in [1.165, 1.54) is 12.1 Å². The Labute approximate surface area is 133 Å². The summed E-state index contributed by atoms with van der Waals surface area (Å²) in [7, 11) is 0. The summed E-state index contributed by atoms with van der Waals surface area (Å²) >= 11 is 0. The molecule has 1 heterocycles. The molecule has 0 bridgehead atoms. The molecule has 0 unspecified atom stereocenters. The highest BCUT2D eigenvalue weighted by Gasteiger charge is 2.21. The molecule has 0 spiro atoms. The zero-order chi connectivity index (χ0) is 16.4. The van der Waals surface area contributed by atoms with Gasteiger partial charge in [0, 0.05) is 12.0 Å². The number of hydrogen-bond donors (Lipinski definition) is 2. The van der Waals surface area contributed by atoms with Gasteiger partial charge in [0.15, 0.2) is 0 Å². The van der Waals surface area contributed by atoms with Gasteiger partial charge in [-0.25, -0.2) is 9.37 Å². The first-order chi connectivity index (χ1) is 11.0. The number of para-hydroxylation sites is 1. The Morgan fingerprint density at radius 3 is 2.74 bits per heavy atom. The first-order valence-electron chi connectivity index (χ1n) is 7.45. The van der Waals surface area contributed by atoms with Crippen molar-refractivity contribution < 1.29 is 4.39 Å². The summed E-state index contributed by atoms with van der Waals surface area (Å²) in [6.45, 7) is 4.53. The molecule has 2 N–H and O–H groups in total. The Kier molecular flexibility index (Phi) is 3.86. The zero-order valence-electron chi connectivity index (χ0n) is 13.1. The predicted molar refractivity (Wildman–Crippen MR) is 90.3 cm³/mol. The summed E-state index contributed by atoms with van der Waals surface area (Å²) in [4.78, 5) is 19.2. The first kappa shape index (κ1) is 15.2. The van der Waals surface area contributed by atoms with E-state index in [0.29, 0.717) is 23.4 Å². The molecule has 1 aromatic heterocycles. The molecule has 118 valence electrons. The van der Waals surface area contributed by atoms with Crippen molar-refractivity contribution in [3.05, 3.63) is 70.3 Å². The van der Waals surface area contributed by atoms with Crippen LogP contribution in [0.4, 0.5) is 10.3 Å². The van der Waals surface area contributed by atoms with Crippen LogP contribution in [0.3, 0.4) is 0 Å². The molecule has 0 amide bonds. The van der Waals surface area contributed by atoms with Crippen LogP contribution in [0.1, 0.15) is 19.4 Å². The van der Waals surface area contributed by atoms with Gasteiger partial charge in [-0.2, -0.15) is 0 Å². The van der Waals surface area contributed by atoms with E-state index in [1.54, 1.807) is 24.3 Å². The smallest absolute Gasteiger partial charge is 0.260 e. The lowest BCUT2D eigenvalue weighted by Crippen LogP contribution is -2.29. The highest BCUT2D eigenvalue weighted by Crippen LogP contribution is 2.24. The van der Waals surface area contributed by atoms with Crippen molar-refractivity contribution in [1.29, 1.82) is 0 Å². The third-order valence-corrected chi connectivity index (χ3v) is 3.92. The molecule has 23 heavy (non-hydrogen) atoms. The maximum absolute atomic E-state index is 13.4. The van der Waals surface area contributed by atoms with Gasteiger partial charge in [-0.1, -0.05) is 38.1 Å². The van der Waals surface area contributed by atoms with Gasteiger partial charge in [0.05, 0.1) is 10.9 Å². The van der Waals surface area contributed by atoms with Gasteiger partial charge < -0.3 is 5.32 Å². The quantitative estimate of drug-likeness (QED) is 0.776. The lowest BCUT2D eigenvalue weighted by atomic mass is 9.84. The van der Waals surface area contributed by atoms with Crippen molar-refractivity contribution in [2.24, 2.45) is 0 Å². The fourth-order valence-corrected chi connectivity index (χ4v) is 2.49. The Balaban J connectivity index is 1.84. The number of nitrogens with one attached hydrogen (secondary N) is 2. The number of aromatic nitrogens is 2. The highest BCUT2D eigenvalue weighted by atomic mass is 19.1. The number of benzene rings is 2. The minimum atomic E-state index is -0.313. The van der Waals surface area contributed by atoms with Gasteiger partial charge in [-0.15, -0.1) is 0 Å². The van der Waals surface area contributed by atoms with Crippen LogP contribution >= 0.6 is 0 Å². The number of rotatable bonds is 4. The van der Waals surface area contributed by atoms with E-state index in [1.807, 2.05) is 26.0 Å². The van der Waals surface area contributed by atoms with Crippen molar-refractivity contribution >= 4 is 16.9 Å². The lowest BCUT2D eigenvalue weighted by Gasteiger charge is -2.25. The van der Waals surface area contributed by atoms with Gasteiger partial charge in [0.25, 0.3) is 5.56 Å². The molecule has 0 aliphatic carbocycles. The molecule has 0 atom stereocenters. The van der Waals surface area contributed by atoms with Crippen LogP contribution in [0, 0.1) is 5.82 Å². The number of anilines is 1. The molecule has 4 nitrogen and oxygen atoms in total. The number of fused-ring (bicyclic) bond motifs is 1. The Bertz CT molecular complexity index is 902. The van der Waals surface area contributed by atoms with E-state index >= 15 is 0 Å². The summed E-state index contributed by atoms with van der Waals surface area (Å²) in [5, 5.41) is 3.70. The van der Waals surface area contributed by atoms with Crippen LogP contribution in [0.2, 0.25) is 0 Å². The van der Waals surface area contributed by atoms with Crippen LogP contribution < -0.4 is 10.9 Å². The topological polar surface area (TPSA) is 57.8 Å². The summed E-state index contributed by atoms with van der Waals surface area (Å²) in [5.41, 5.74) is 1.03. The summed E-state index contributed by atoms with van der Waals surface area (Å²) in [6.07, 6.45) is 0. The Morgan fingerprint density at radius 1 is 1.17 bits per heavy atom. The molecule has 0 aliphatic rings. The van der Waals surface area contributed by atoms with E-state index in [0.717, 1.165) is 5.56 Å². The fraction of sp³-hybridized carbons (Fsp3) is 0.222. The minimum Gasteiger partial charge on any atom is -0.355 e. The number of nitrogens with zero attached hydrogens (tertiary/aromatic N) is 1. The molecular formula is C18H18FN3O. The van der Waals surface area contributed by atoms with E-state index in [9.17, 15) is 9.18 Å². The minimum absolute atomic E-state index is 0.179. The second-order valence-electron chi connectivity index (χ2n) is 6.18. The second-order valence-corrected chi connectivity index (χ2v) is 6.18. The van der Waals surface area contributed by atoms with Gasteiger partial charge in [-0.05, 0) is 29.8 Å². The summed E-state index contributed by atoms with van der Waals surface area (Å²) in [6, 6.07) is 13.7. The van der Waals surface area contributed by atoms with Crippen molar-refractivity contribution in [3.8, 4) is 0 Å². The number of hydrogen-bond acceptors (Lipinski definition) is 3. The van der Waals surface area contributed by atoms with E-state index in [2.05, 4.69) is 15.3 Å². The zero-order valence-corrected chi connectivity index (χ0v) is 13.1. The third kappa shape index (κ3) is 3.23. The van der Waals surface area contributed by atoms with Gasteiger partial charge in [-0.3, -0.25) is 9.78 Å². The summed E-state index contributed by atoms with van der Waals surface area (Å²) < 4.78 is 13.4. The Hall–Kier alpha value is -2.69. The Morgan fingerprint density at radius 2 is 1.96 bits per heavy atom. The maximum Gasteiger partial charge on any atom is 0.260 e. The molecule has 0 saturated carbocycles. The molecule has 3 aromatic rings. The van der Waals surface area contributed by atoms with Crippen LogP contribution in [0.5, 0.6) is 0 Å². The molecule has 5 heteroatoms. The normalized spacial score (nSPS) is 11.6. The van der Waals surface area contributed by atoms with Gasteiger partial charge in [0.2, 0.25) is 5.95 Å². The molecule has 2 aromatic carbocycles. The molecule has 0 saturated heterocycles. The molecule has 0 aliphatic heterocycles. The lowest BCUT2D eigenvalue weighted by molar-refractivity contribution is 0.544. The van der Waals surface area contributed by atoms with Crippen molar-refractivity contribution in [1.82, 2.24) is 9.97 Å². The van der Waals surface area contributed by atoms with Crippen molar-refractivity contribution in [3.63, 3.8) is 0 Å². The van der Waals surface area contributed by atoms with Crippen molar-refractivity contribution in [2.45, 2.75) is 19.3 Å². The molecule has 0 radical (unpaired) electrons. The second kappa shape index (κ2) is 5.83. The van der Waals surface area contributed by atoms with Crippen LogP contribution in [0.25, 0.3) is 10.9 Å². The summed E-state index contributed by atoms with van der Waals surface area (Å²) in [5.74, 6) is 0.158. The molecule has 3 rings (SSSR count). The third-order valence-electron chi connectivity index (χ3n) is 3.92. The average molecular weight is 311 g/mol. The molecular weight excluding hydrogens is 293 g/mol. The first-order valence-corrected chi connectivity index (χ1v) is 7.45. The highest BCUT2D eigenvalue weighted by molar-refractivity contribution is 5.78. The fourth-order valence-electron chi connectivity index (χ4n) is 2.49. The van der Waals surface area contributed by atoms with E-state index < -0.39 is 0 Å². The maximum atomic E-state index is 13.4. The van der Waals surface area contributed by atoms with Crippen LogP contribution in [-0.2, 0) is 5.41 Å².